The minimum atomic E-state index is -0.0806. The van der Waals surface area contributed by atoms with Gasteiger partial charge in [0.05, 0.1) is 10.7 Å². The first-order valence-corrected chi connectivity index (χ1v) is 6.65. The largest absolute Gasteiger partial charge is 0.506 e. The summed E-state index contributed by atoms with van der Waals surface area (Å²) < 4.78 is 0. The number of hydrogen-bond donors (Lipinski definition) is 1. The third kappa shape index (κ3) is 3.77. The molecule has 0 saturated heterocycles. The number of phenols is 1. The minimum absolute atomic E-state index is 0.0806. The zero-order chi connectivity index (χ0) is 14.0. The summed E-state index contributed by atoms with van der Waals surface area (Å²) in [7, 11) is 0. The van der Waals surface area contributed by atoms with Gasteiger partial charge in [0.15, 0.2) is 0 Å². The van der Waals surface area contributed by atoms with Crippen molar-refractivity contribution in [2.75, 3.05) is 0 Å². The number of aromatic hydroxyl groups is 1. The number of benzene rings is 2. The van der Waals surface area contributed by atoms with Crippen LogP contribution in [0.2, 0.25) is 20.1 Å². The molecule has 0 bridgehead atoms. The summed E-state index contributed by atoms with van der Waals surface area (Å²) in [6, 6.07) is 7.90. The summed E-state index contributed by atoms with van der Waals surface area (Å²) in [5.41, 5.74) is 0.974. The van der Waals surface area contributed by atoms with Crippen LogP contribution in [0, 0.1) is 0 Å². The van der Waals surface area contributed by atoms with Crippen molar-refractivity contribution in [1.29, 1.82) is 0 Å². The van der Waals surface area contributed by atoms with Crippen LogP contribution in [0.15, 0.2) is 35.3 Å². The highest BCUT2D eigenvalue weighted by Crippen LogP contribution is 2.31. The van der Waals surface area contributed by atoms with Gasteiger partial charge >= 0.3 is 0 Å². The van der Waals surface area contributed by atoms with Crippen molar-refractivity contribution in [2.45, 2.75) is 0 Å². The van der Waals surface area contributed by atoms with Crippen molar-refractivity contribution in [3.05, 3.63) is 56.0 Å². The molecule has 2 aromatic carbocycles. The minimum Gasteiger partial charge on any atom is -0.506 e. The monoisotopic (exact) mass is 333 g/mol. The van der Waals surface area contributed by atoms with Crippen molar-refractivity contribution < 1.29 is 5.11 Å². The molecule has 0 radical (unpaired) electrons. The lowest BCUT2D eigenvalue weighted by molar-refractivity contribution is 0.475. The van der Waals surface area contributed by atoms with Crippen molar-refractivity contribution in [1.82, 2.24) is 0 Å². The van der Waals surface area contributed by atoms with Gasteiger partial charge in [-0.2, -0.15) is 0 Å². The highest BCUT2D eigenvalue weighted by molar-refractivity contribution is 6.36. The average molecular weight is 335 g/mol. The quantitative estimate of drug-likeness (QED) is 0.696. The smallest absolute Gasteiger partial charge is 0.143 e. The topological polar surface area (TPSA) is 32.6 Å². The lowest BCUT2D eigenvalue weighted by atomic mass is 10.2. The zero-order valence-corrected chi connectivity index (χ0v) is 12.4. The van der Waals surface area contributed by atoms with E-state index < -0.39 is 0 Å². The number of rotatable bonds is 2. The van der Waals surface area contributed by atoms with Crippen LogP contribution in [0.3, 0.4) is 0 Å². The fraction of sp³-hybridized carbons (Fsp3) is 0. The van der Waals surface area contributed by atoms with Gasteiger partial charge in [-0.25, -0.2) is 0 Å². The summed E-state index contributed by atoms with van der Waals surface area (Å²) in [6.07, 6.45) is 1.44. The van der Waals surface area contributed by atoms with Crippen LogP contribution in [0.4, 0.5) is 5.69 Å². The SMILES string of the molecule is Oc1c(Cl)cc(Cl)cc1/C=N/c1cc(Cl)cc(Cl)c1. The first-order chi connectivity index (χ1) is 8.95. The number of halogens is 4. The predicted octanol–water partition coefficient (Wildman–Crippen LogP) is 5.76. The molecular formula is C13H7Cl4NO. The Morgan fingerprint density at radius 1 is 0.842 bits per heavy atom. The van der Waals surface area contributed by atoms with Gasteiger partial charge in [-0.05, 0) is 30.3 Å². The second-order valence-corrected chi connectivity index (χ2v) is 5.43. The van der Waals surface area contributed by atoms with Crippen LogP contribution in [-0.4, -0.2) is 11.3 Å². The van der Waals surface area contributed by atoms with E-state index in [0.717, 1.165) is 0 Å². The highest BCUT2D eigenvalue weighted by Gasteiger charge is 2.06. The van der Waals surface area contributed by atoms with Crippen molar-refractivity contribution in [3.63, 3.8) is 0 Å². The Morgan fingerprint density at radius 2 is 1.42 bits per heavy atom. The second-order valence-electron chi connectivity index (χ2n) is 3.71. The maximum absolute atomic E-state index is 9.78. The fourth-order valence-electron chi connectivity index (χ4n) is 1.44. The standard InChI is InChI=1S/C13H7Cl4NO/c14-8-1-7(13(19)12(17)5-8)6-18-11-3-9(15)2-10(16)4-11/h1-6,19H/b18-6+. The molecule has 6 heteroatoms. The molecule has 2 aromatic rings. The van der Waals surface area contributed by atoms with E-state index in [0.29, 0.717) is 26.3 Å². The van der Waals surface area contributed by atoms with Crippen molar-refractivity contribution in [3.8, 4) is 5.75 Å². The van der Waals surface area contributed by atoms with E-state index >= 15 is 0 Å². The molecule has 0 atom stereocenters. The van der Waals surface area contributed by atoms with Crippen molar-refractivity contribution in [2.24, 2.45) is 4.99 Å². The third-order valence-corrected chi connectivity index (χ3v) is 3.20. The molecule has 0 heterocycles. The molecular weight excluding hydrogens is 328 g/mol. The number of phenolic OH excluding ortho intramolecular Hbond substituents is 1. The molecule has 0 spiro atoms. The maximum Gasteiger partial charge on any atom is 0.143 e. The van der Waals surface area contributed by atoms with E-state index in [1.165, 1.54) is 12.3 Å². The van der Waals surface area contributed by atoms with Crippen LogP contribution in [0.25, 0.3) is 0 Å². The Morgan fingerprint density at radius 3 is 2.05 bits per heavy atom. The Bertz CT molecular complexity index is 635. The van der Waals surface area contributed by atoms with Gasteiger partial charge in [0.2, 0.25) is 0 Å². The first-order valence-electron chi connectivity index (χ1n) is 5.14. The molecule has 0 saturated carbocycles. The molecule has 0 aliphatic heterocycles. The van der Waals surface area contributed by atoms with E-state index in [4.69, 9.17) is 46.4 Å². The van der Waals surface area contributed by atoms with Crippen molar-refractivity contribution >= 4 is 58.3 Å². The van der Waals surface area contributed by atoms with E-state index in [1.807, 2.05) is 0 Å². The molecule has 0 fully saturated rings. The van der Waals surface area contributed by atoms with Crippen LogP contribution in [0.1, 0.15) is 5.56 Å². The molecule has 19 heavy (non-hydrogen) atoms. The normalized spacial score (nSPS) is 11.2. The molecule has 2 nitrogen and oxygen atoms in total. The van der Waals surface area contributed by atoms with Gasteiger partial charge < -0.3 is 5.11 Å². The lowest BCUT2D eigenvalue weighted by Crippen LogP contribution is -1.84. The highest BCUT2D eigenvalue weighted by atomic mass is 35.5. The van der Waals surface area contributed by atoms with Crippen LogP contribution in [-0.2, 0) is 0 Å². The molecule has 2 rings (SSSR count). The number of nitrogens with zero attached hydrogens (tertiary/aromatic N) is 1. The summed E-state index contributed by atoms with van der Waals surface area (Å²) >= 11 is 23.4. The molecule has 0 aromatic heterocycles. The molecule has 98 valence electrons. The van der Waals surface area contributed by atoms with Crippen LogP contribution < -0.4 is 0 Å². The van der Waals surface area contributed by atoms with E-state index in [9.17, 15) is 5.11 Å². The molecule has 0 aliphatic carbocycles. The van der Waals surface area contributed by atoms with Crippen LogP contribution in [0.5, 0.6) is 5.75 Å². The van der Waals surface area contributed by atoms with E-state index in [1.54, 1.807) is 24.3 Å². The van der Waals surface area contributed by atoms with E-state index in [-0.39, 0.29) is 10.8 Å². The van der Waals surface area contributed by atoms with Gasteiger partial charge in [0.1, 0.15) is 5.75 Å². The van der Waals surface area contributed by atoms with Gasteiger partial charge in [0, 0.05) is 26.8 Å². The Labute approximate surface area is 130 Å². The summed E-state index contributed by atoms with van der Waals surface area (Å²) in [4.78, 5) is 4.17. The molecule has 0 aliphatic rings. The summed E-state index contributed by atoms with van der Waals surface area (Å²) in [6.45, 7) is 0. The van der Waals surface area contributed by atoms with Gasteiger partial charge in [0.25, 0.3) is 0 Å². The first kappa shape index (κ1) is 14.5. The van der Waals surface area contributed by atoms with Gasteiger partial charge in [-0.1, -0.05) is 46.4 Å². The van der Waals surface area contributed by atoms with Crippen LogP contribution >= 0.6 is 46.4 Å². The van der Waals surface area contributed by atoms with Gasteiger partial charge in [-0.15, -0.1) is 0 Å². The average Bonchev–Trinajstić information content (AvgIpc) is 2.30. The Kier molecular flexibility index (Phi) is 4.58. The number of hydrogen-bond acceptors (Lipinski definition) is 2. The summed E-state index contributed by atoms with van der Waals surface area (Å²) in [5.74, 6) is -0.0806. The number of aliphatic imine (C=N–C) groups is 1. The Hall–Kier alpha value is -0.930. The van der Waals surface area contributed by atoms with Gasteiger partial charge in [-0.3, -0.25) is 4.99 Å². The summed E-state index contributed by atoms with van der Waals surface area (Å²) in [5, 5.41) is 11.3. The fourth-order valence-corrected chi connectivity index (χ4v) is 2.47. The van der Waals surface area contributed by atoms with E-state index in [2.05, 4.69) is 4.99 Å². The zero-order valence-electron chi connectivity index (χ0n) is 9.37. The Balaban J connectivity index is 2.37. The molecule has 1 N–H and O–H groups in total. The predicted molar refractivity (Wildman–Crippen MR) is 81.8 cm³/mol. The molecule has 0 amide bonds. The maximum atomic E-state index is 9.78. The molecule has 0 unspecified atom stereocenters. The third-order valence-electron chi connectivity index (χ3n) is 2.26. The lowest BCUT2D eigenvalue weighted by Gasteiger charge is -2.02. The second kappa shape index (κ2) is 6.02.